The molecule has 0 saturated carbocycles. The van der Waals surface area contributed by atoms with E-state index in [1.165, 1.54) is 28.7 Å². The summed E-state index contributed by atoms with van der Waals surface area (Å²) in [6.45, 7) is 4.16. The molecule has 1 amide bonds. The number of aromatic nitrogens is 4. The third-order valence-electron chi connectivity index (χ3n) is 4.28. The average Bonchev–Trinajstić information content (AvgIpc) is 3.36. The number of amides is 1. The molecule has 0 aliphatic heterocycles. The number of benzene rings is 1. The second-order valence-corrected chi connectivity index (χ2v) is 7.00. The number of anilines is 1. The first kappa shape index (κ1) is 17.1. The average molecular weight is 375 g/mol. The molecular weight excluding hydrogens is 358 g/mol. The third kappa shape index (κ3) is 3.63. The number of rotatable bonds is 4. The molecule has 6 nitrogen and oxygen atoms in total. The van der Waals surface area contributed by atoms with Gasteiger partial charge in [-0.2, -0.15) is 5.10 Å². The molecule has 1 aromatic carbocycles. The zero-order chi connectivity index (χ0) is 18.8. The molecule has 0 spiro atoms. The number of hydrogen-bond donors (Lipinski definition) is 1. The van der Waals surface area contributed by atoms with E-state index in [1.54, 1.807) is 29.2 Å². The fourth-order valence-corrected chi connectivity index (χ4v) is 3.31. The Morgan fingerprint density at radius 1 is 1.15 bits per heavy atom. The lowest BCUT2D eigenvalue weighted by Gasteiger charge is -2.04. The van der Waals surface area contributed by atoms with E-state index in [-0.39, 0.29) is 5.91 Å². The minimum Gasteiger partial charge on any atom is -0.298 e. The van der Waals surface area contributed by atoms with Gasteiger partial charge in [-0.1, -0.05) is 12.1 Å². The molecule has 0 unspecified atom stereocenters. The van der Waals surface area contributed by atoms with Crippen molar-refractivity contribution in [3.63, 3.8) is 0 Å². The Labute approximate surface area is 160 Å². The molecule has 27 heavy (non-hydrogen) atoms. The lowest BCUT2D eigenvalue weighted by Crippen LogP contribution is -2.12. The minimum absolute atomic E-state index is 0.240. The van der Waals surface area contributed by atoms with Crippen LogP contribution in [0.1, 0.15) is 21.5 Å². The summed E-state index contributed by atoms with van der Waals surface area (Å²) in [6, 6.07) is 11.5. The fraction of sp³-hybridized carbons (Fsp3) is 0.100. The molecule has 1 N–H and O–H groups in total. The molecule has 3 aromatic heterocycles. The van der Waals surface area contributed by atoms with Crippen LogP contribution in [0, 0.1) is 13.8 Å². The maximum atomic E-state index is 12.4. The summed E-state index contributed by atoms with van der Waals surface area (Å²) in [5.74, 6) is 0.415. The van der Waals surface area contributed by atoms with Crippen LogP contribution in [-0.2, 0) is 0 Å². The van der Waals surface area contributed by atoms with Crippen molar-refractivity contribution in [3.8, 4) is 17.1 Å². The molecule has 0 aliphatic carbocycles. The summed E-state index contributed by atoms with van der Waals surface area (Å²) in [5.41, 5.74) is 4.82. The highest BCUT2D eigenvalue weighted by Gasteiger charge is 2.11. The van der Waals surface area contributed by atoms with Crippen LogP contribution in [0.3, 0.4) is 0 Å². The molecule has 0 atom stereocenters. The molecule has 134 valence electrons. The molecule has 4 aromatic rings. The van der Waals surface area contributed by atoms with Crippen LogP contribution in [0.25, 0.3) is 17.1 Å². The van der Waals surface area contributed by atoms with Gasteiger partial charge in [-0.15, -0.1) is 11.3 Å². The zero-order valence-corrected chi connectivity index (χ0v) is 15.7. The molecule has 0 radical (unpaired) electrons. The number of carbonyl (C=O) groups excluding carboxylic acids is 1. The normalized spacial score (nSPS) is 10.7. The van der Waals surface area contributed by atoms with Gasteiger partial charge in [-0.05, 0) is 49.2 Å². The molecule has 0 aliphatic rings. The highest BCUT2D eigenvalue weighted by molar-refractivity contribution is 7.14. The topological polar surface area (TPSA) is 72.7 Å². The van der Waals surface area contributed by atoms with E-state index < -0.39 is 0 Å². The maximum Gasteiger partial charge on any atom is 0.259 e. The lowest BCUT2D eigenvalue weighted by molar-refractivity contribution is 0.102. The van der Waals surface area contributed by atoms with Crippen molar-refractivity contribution in [3.05, 3.63) is 77.1 Å². The van der Waals surface area contributed by atoms with Gasteiger partial charge < -0.3 is 0 Å². The summed E-state index contributed by atoms with van der Waals surface area (Å²) < 4.78 is 1.64. The van der Waals surface area contributed by atoms with Crippen LogP contribution in [0.2, 0.25) is 0 Å². The van der Waals surface area contributed by atoms with Crippen LogP contribution >= 0.6 is 11.3 Å². The lowest BCUT2D eigenvalue weighted by atomic mass is 10.1. The first-order valence-electron chi connectivity index (χ1n) is 8.41. The largest absolute Gasteiger partial charge is 0.298 e. The first-order valence-corrected chi connectivity index (χ1v) is 9.29. The fourth-order valence-electron chi connectivity index (χ4n) is 2.59. The van der Waals surface area contributed by atoms with Gasteiger partial charge in [0, 0.05) is 29.5 Å². The monoisotopic (exact) mass is 375 g/mol. The zero-order valence-electron chi connectivity index (χ0n) is 14.9. The van der Waals surface area contributed by atoms with Gasteiger partial charge in [0.05, 0.1) is 11.3 Å². The molecule has 0 saturated heterocycles. The van der Waals surface area contributed by atoms with Crippen LogP contribution < -0.4 is 5.32 Å². The van der Waals surface area contributed by atoms with E-state index in [4.69, 9.17) is 0 Å². The molecule has 0 fully saturated rings. The quantitative estimate of drug-likeness (QED) is 0.578. The SMILES string of the molecule is Cc1ccc(-c2csc(NC(=O)c3ccc(-n4cccn4)nc3)n2)cc1C. The Balaban J connectivity index is 1.48. The summed E-state index contributed by atoms with van der Waals surface area (Å²) in [7, 11) is 0. The van der Waals surface area contributed by atoms with Gasteiger partial charge in [0.1, 0.15) is 0 Å². The highest BCUT2D eigenvalue weighted by Crippen LogP contribution is 2.26. The molecule has 4 rings (SSSR count). The number of hydrogen-bond acceptors (Lipinski definition) is 5. The number of nitrogens with zero attached hydrogens (tertiary/aromatic N) is 4. The minimum atomic E-state index is -0.240. The van der Waals surface area contributed by atoms with E-state index in [0.717, 1.165) is 11.3 Å². The van der Waals surface area contributed by atoms with Gasteiger partial charge in [0.25, 0.3) is 5.91 Å². The summed E-state index contributed by atoms with van der Waals surface area (Å²) >= 11 is 1.40. The van der Waals surface area contributed by atoms with E-state index in [0.29, 0.717) is 16.5 Å². The first-order chi connectivity index (χ1) is 13.1. The summed E-state index contributed by atoms with van der Waals surface area (Å²) in [6.07, 6.45) is 5.01. The predicted octanol–water partition coefficient (Wildman–Crippen LogP) is 4.26. The van der Waals surface area contributed by atoms with E-state index >= 15 is 0 Å². The van der Waals surface area contributed by atoms with Crippen molar-refractivity contribution >= 4 is 22.4 Å². The predicted molar refractivity (Wildman–Crippen MR) is 106 cm³/mol. The van der Waals surface area contributed by atoms with Crippen LogP contribution in [-0.4, -0.2) is 25.7 Å². The number of thiazole rings is 1. The smallest absolute Gasteiger partial charge is 0.259 e. The number of aryl methyl sites for hydroxylation is 2. The number of nitrogens with one attached hydrogen (secondary N) is 1. The third-order valence-corrected chi connectivity index (χ3v) is 5.03. The Kier molecular flexibility index (Phi) is 4.52. The molecule has 7 heteroatoms. The van der Waals surface area contributed by atoms with Crippen molar-refractivity contribution in [2.24, 2.45) is 0 Å². The summed E-state index contributed by atoms with van der Waals surface area (Å²) in [4.78, 5) is 21.3. The van der Waals surface area contributed by atoms with E-state index in [1.807, 2.05) is 17.5 Å². The Bertz CT molecular complexity index is 1080. The van der Waals surface area contributed by atoms with Crippen molar-refractivity contribution in [1.82, 2.24) is 19.7 Å². The van der Waals surface area contributed by atoms with Gasteiger partial charge in [-0.3, -0.25) is 10.1 Å². The highest BCUT2D eigenvalue weighted by atomic mass is 32.1. The van der Waals surface area contributed by atoms with Crippen LogP contribution in [0.15, 0.2) is 60.4 Å². The van der Waals surface area contributed by atoms with Crippen LogP contribution in [0.5, 0.6) is 0 Å². The summed E-state index contributed by atoms with van der Waals surface area (Å²) in [5, 5.41) is 9.45. The molecular formula is C20H17N5OS. The van der Waals surface area contributed by atoms with Crippen molar-refractivity contribution < 1.29 is 4.79 Å². The van der Waals surface area contributed by atoms with E-state index in [9.17, 15) is 4.79 Å². The Morgan fingerprint density at radius 3 is 2.74 bits per heavy atom. The molecule has 0 bridgehead atoms. The standard InChI is InChI=1S/C20H17N5OS/c1-13-4-5-15(10-14(13)2)17-12-27-20(23-17)24-19(26)16-6-7-18(21-11-16)25-9-3-8-22-25/h3-12H,1-2H3,(H,23,24,26). The Morgan fingerprint density at radius 2 is 2.04 bits per heavy atom. The van der Waals surface area contributed by atoms with Gasteiger partial charge in [0.15, 0.2) is 10.9 Å². The number of carbonyl (C=O) groups is 1. The Hall–Kier alpha value is -3.32. The van der Waals surface area contributed by atoms with Gasteiger partial charge in [0.2, 0.25) is 0 Å². The van der Waals surface area contributed by atoms with Crippen LogP contribution in [0.4, 0.5) is 5.13 Å². The molecule has 3 heterocycles. The second kappa shape index (κ2) is 7.13. The number of pyridine rings is 1. The van der Waals surface area contributed by atoms with Crippen molar-refractivity contribution in [2.45, 2.75) is 13.8 Å². The van der Waals surface area contributed by atoms with Gasteiger partial charge >= 0.3 is 0 Å². The maximum absolute atomic E-state index is 12.4. The van der Waals surface area contributed by atoms with Gasteiger partial charge in [-0.25, -0.2) is 14.6 Å². The second-order valence-electron chi connectivity index (χ2n) is 6.15. The van der Waals surface area contributed by atoms with E-state index in [2.05, 4.69) is 46.4 Å². The van der Waals surface area contributed by atoms with Crippen molar-refractivity contribution in [2.75, 3.05) is 5.32 Å². The van der Waals surface area contributed by atoms with Crippen molar-refractivity contribution in [1.29, 1.82) is 0 Å².